The van der Waals surface area contributed by atoms with Crippen LogP contribution >= 0.6 is 0 Å². The number of aryl methyl sites for hydroxylation is 2. The van der Waals surface area contributed by atoms with Crippen LogP contribution in [-0.2, 0) is 4.74 Å². The SMILES string of the molecule is CC1=[N+](c2c(C)cccc2C)COC(c2ccccc2)=C1. The second-order valence-corrected chi connectivity index (χ2v) is 5.46. The van der Waals surface area contributed by atoms with Crippen LogP contribution in [0.2, 0.25) is 0 Å². The van der Waals surface area contributed by atoms with Gasteiger partial charge in [0.25, 0.3) is 6.73 Å². The molecule has 106 valence electrons. The van der Waals surface area contributed by atoms with Crippen molar-refractivity contribution in [2.45, 2.75) is 20.8 Å². The molecule has 0 unspecified atom stereocenters. The highest BCUT2D eigenvalue weighted by Gasteiger charge is 2.23. The van der Waals surface area contributed by atoms with Crippen molar-refractivity contribution in [1.82, 2.24) is 0 Å². The summed E-state index contributed by atoms with van der Waals surface area (Å²) in [5.41, 5.74) is 6.12. The van der Waals surface area contributed by atoms with E-state index in [4.69, 9.17) is 4.74 Å². The van der Waals surface area contributed by atoms with Crippen LogP contribution in [0.5, 0.6) is 0 Å². The van der Waals surface area contributed by atoms with Crippen LogP contribution in [0.15, 0.2) is 54.6 Å². The van der Waals surface area contributed by atoms with Crippen LogP contribution in [0.25, 0.3) is 5.76 Å². The zero-order chi connectivity index (χ0) is 14.8. The summed E-state index contributed by atoms with van der Waals surface area (Å²) in [5.74, 6) is 0.940. The standard InChI is InChI=1S/C19H20NO/c1-14-8-7-9-15(2)19(14)20-13-21-18(12-16(20)3)17-10-5-4-6-11-17/h4-12H,13H2,1-3H3/q+1. The van der Waals surface area contributed by atoms with Crippen molar-refractivity contribution in [2.24, 2.45) is 0 Å². The summed E-state index contributed by atoms with van der Waals surface area (Å²) in [6, 6.07) is 16.6. The summed E-state index contributed by atoms with van der Waals surface area (Å²) < 4.78 is 8.21. The van der Waals surface area contributed by atoms with Gasteiger partial charge in [-0.25, -0.2) is 0 Å². The summed E-state index contributed by atoms with van der Waals surface area (Å²) >= 11 is 0. The van der Waals surface area contributed by atoms with Gasteiger partial charge in [-0.3, -0.25) is 0 Å². The monoisotopic (exact) mass is 278 g/mol. The van der Waals surface area contributed by atoms with Gasteiger partial charge in [0.1, 0.15) is 5.76 Å². The molecule has 1 heterocycles. The average molecular weight is 278 g/mol. The number of benzene rings is 2. The first kappa shape index (κ1) is 13.6. The van der Waals surface area contributed by atoms with Gasteiger partial charge in [0.2, 0.25) is 5.69 Å². The van der Waals surface area contributed by atoms with Gasteiger partial charge in [0.05, 0.1) is 0 Å². The van der Waals surface area contributed by atoms with Crippen LogP contribution in [0.3, 0.4) is 0 Å². The first-order valence-electron chi connectivity index (χ1n) is 7.24. The van der Waals surface area contributed by atoms with Crippen molar-refractivity contribution in [3.8, 4) is 0 Å². The van der Waals surface area contributed by atoms with E-state index in [1.807, 2.05) is 18.2 Å². The fraction of sp³-hybridized carbons (Fsp3) is 0.211. The second kappa shape index (κ2) is 5.57. The molecular formula is C19H20NO+. The van der Waals surface area contributed by atoms with E-state index in [0.29, 0.717) is 6.73 Å². The molecule has 0 aliphatic carbocycles. The fourth-order valence-electron chi connectivity index (χ4n) is 2.79. The van der Waals surface area contributed by atoms with E-state index < -0.39 is 0 Å². The smallest absolute Gasteiger partial charge is 0.292 e. The first-order chi connectivity index (χ1) is 10.2. The number of rotatable bonds is 2. The van der Waals surface area contributed by atoms with Gasteiger partial charge in [-0.1, -0.05) is 48.5 Å². The maximum absolute atomic E-state index is 5.98. The van der Waals surface area contributed by atoms with Crippen LogP contribution in [0.1, 0.15) is 23.6 Å². The number of allylic oxidation sites excluding steroid dienone is 1. The minimum Gasteiger partial charge on any atom is -0.435 e. The average Bonchev–Trinajstić information content (AvgIpc) is 2.49. The molecule has 0 spiro atoms. The summed E-state index contributed by atoms with van der Waals surface area (Å²) in [6.45, 7) is 6.98. The Morgan fingerprint density at radius 3 is 2.14 bits per heavy atom. The van der Waals surface area contributed by atoms with Crippen LogP contribution < -0.4 is 0 Å². The molecule has 0 fully saturated rings. The largest absolute Gasteiger partial charge is 0.435 e. The highest BCUT2D eigenvalue weighted by molar-refractivity contribution is 5.96. The first-order valence-corrected chi connectivity index (χ1v) is 7.24. The van der Waals surface area contributed by atoms with E-state index >= 15 is 0 Å². The topological polar surface area (TPSA) is 12.2 Å². The second-order valence-electron chi connectivity index (χ2n) is 5.46. The highest BCUT2D eigenvalue weighted by Crippen LogP contribution is 2.27. The van der Waals surface area contributed by atoms with E-state index in [9.17, 15) is 0 Å². The zero-order valence-corrected chi connectivity index (χ0v) is 12.8. The maximum atomic E-state index is 5.98. The summed E-state index contributed by atoms with van der Waals surface area (Å²) in [5, 5.41) is 0. The van der Waals surface area contributed by atoms with Gasteiger partial charge in [-0.2, -0.15) is 4.58 Å². The molecule has 0 saturated carbocycles. The Morgan fingerprint density at radius 2 is 1.52 bits per heavy atom. The fourth-order valence-corrected chi connectivity index (χ4v) is 2.79. The van der Waals surface area contributed by atoms with Gasteiger partial charge < -0.3 is 4.74 Å². The predicted octanol–water partition coefficient (Wildman–Crippen LogP) is 4.44. The molecular weight excluding hydrogens is 258 g/mol. The van der Waals surface area contributed by atoms with E-state index in [-0.39, 0.29) is 0 Å². The van der Waals surface area contributed by atoms with Crippen molar-refractivity contribution < 1.29 is 9.31 Å². The van der Waals surface area contributed by atoms with Crippen molar-refractivity contribution in [2.75, 3.05) is 6.73 Å². The Bertz CT molecular complexity index is 706. The lowest BCUT2D eigenvalue weighted by Crippen LogP contribution is -2.22. The number of para-hydroxylation sites is 1. The molecule has 0 aromatic heterocycles. The van der Waals surface area contributed by atoms with E-state index in [1.165, 1.54) is 22.5 Å². The Hall–Kier alpha value is -2.35. The molecule has 0 radical (unpaired) electrons. The van der Waals surface area contributed by atoms with E-state index in [0.717, 1.165) is 11.3 Å². The quantitative estimate of drug-likeness (QED) is 0.740. The van der Waals surface area contributed by atoms with Gasteiger partial charge in [-0.05, 0) is 13.8 Å². The van der Waals surface area contributed by atoms with Gasteiger partial charge in [0.15, 0.2) is 5.71 Å². The molecule has 2 aromatic carbocycles. The molecule has 3 rings (SSSR count). The van der Waals surface area contributed by atoms with Gasteiger partial charge in [-0.15, -0.1) is 0 Å². The number of ether oxygens (including phenoxy) is 1. The molecule has 1 aliphatic heterocycles. The molecule has 2 nitrogen and oxygen atoms in total. The lowest BCUT2D eigenvalue weighted by Gasteiger charge is -2.17. The third kappa shape index (κ3) is 2.62. The Morgan fingerprint density at radius 1 is 0.857 bits per heavy atom. The maximum Gasteiger partial charge on any atom is 0.292 e. The van der Waals surface area contributed by atoms with Crippen molar-refractivity contribution in [1.29, 1.82) is 0 Å². The third-order valence-corrected chi connectivity index (χ3v) is 3.88. The Labute approximate surface area is 126 Å². The number of hydrogen-bond donors (Lipinski definition) is 0. The van der Waals surface area contributed by atoms with Gasteiger partial charge in [0, 0.05) is 29.7 Å². The zero-order valence-electron chi connectivity index (χ0n) is 12.8. The summed E-state index contributed by atoms with van der Waals surface area (Å²) in [4.78, 5) is 0. The van der Waals surface area contributed by atoms with Crippen molar-refractivity contribution >= 4 is 17.2 Å². The Kier molecular flexibility index (Phi) is 3.61. The molecule has 0 atom stereocenters. The molecule has 1 aliphatic rings. The minimum absolute atomic E-state index is 0.554. The summed E-state index contributed by atoms with van der Waals surface area (Å²) in [6.07, 6.45) is 2.12. The molecule has 0 saturated heterocycles. The molecule has 0 bridgehead atoms. The molecule has 21 heavy (non-hydrogen) atoms. The third-order valence-electron chi connectivity index (χ3n) is 3.88. The Balaban J connectivity index is 2.05. The molecule has 2 aromatic rings. The normalized spacial score (nSPS) is 14.7. The van der Waals surface area contributed by atoms with Crippen molar-refractivity contribution in [3.63, 3.8) is 0 Å². The molecule has 0 amide bonds. The van der Waals surface area contributed by atoms with Crippen LogP contribution in [0.4, 0.5) is 5.69 Å². The van der Waals surface area contributed by atoms with Crippen molar-refractivity contribution in [3.05, 3.63) is 71.3 Å². The van der Waals surface area contributed by atoms with E-state index in [1.54, 1.807) is 0 Å². The predicted molar refractivity (Wildman–Crippen MR) is 86.9 cm³/mol. The van der Waals surface area contributed by atoms with Crippen LogP contribution in [0, 0.1) is 13.8 Å². The van der Waals surface area contributed by atoms with Gasteiger partial charge >= 0.3 is 0 Å². The minimum atomic E-state index is 0.554. The molecule has 2 heteroatoms. The number of hydrogen-bond acceptors (Lipinski definition) is 1. The highest BCUT2D eigenvalue weighted by atomic mass is 16.5. The number of nitrogens with zero attached hydrogens (tertiary/aromatic N) is 1. The van der Waals surface area contributed by atoms with Crippen LogP contribution in [-0.4, -0.2) is 17.0 Å². The molecule has 0 N–H and O–H groups in total. The lowest BCUT2D eigenvalue weighted by atomic mass is 10.1. The lowest BCUT2D eigenvalue weighted by molar-refractivity contribution is -0.485. The van der Waals surface area contributed by atoms with E-state index in [2.05, 4.69) is 61.8 Å². The summed E-state index contributed by atoms with van der Waals surface area (Å²) in [7, 11) is 0.